The Balaban J connectivity index is 2.14. The van der Waals surface area contributed by atoms with Gasteiger partial charge in [-0.15, -0.1) is 0 Å². The largest absolute Gasteiger partial charge is 0.480 e. The maximum absolute atomic E-state index is 13.4. The smallest absolute Gasteiger partial charge is 0.326 e. The number of aromatic nitrogens is 2. The van der Waals surface area contributed by atoms with Gasteiger partial charge in [0.1, 0.15) is 24.2 Å². The zero-order chi connectivity index (χ0) is 24.7. The number of nitrogens with zero attached hydrogens (tertiary/aromatic N) is 2. The third-order valence-electron chi connectivity index (χ3n) is 6.03. The molecular weight excluding hydrogens is 432 g/mol. The lowest BCUT2D eigenvalue weighted by Gasteiger charge is -2.32. The van der Waals surface area contributed by atoms with Crippen LogP contribution in [0, 0.1) is 5.92 Å². The van der Waals surface area contributed by atoms with Gasteiger partial charge in [-0.2, -0.15) is 0 Å². The summed E-state index contributed by atoms with van der Waals surface area (Å²) in [5, 5.41) is 24.3. The van der Waals surface area contributed by atoms with Crippen molar-refractivity contribution in [3.8, 4) is 0 Å². The molecule has 184 valence electrons. The van der Waals surface area contributed by atoms with Crippen LogP contribution in [-0.2, 0) is 25.6 Å². The number of H-pyrrole nitrogens is 1. The van der Waals surface area contributed by atoms with Crippen LogP contribution in [0.5, 0.6) is 0 Å². The summed E-state index contributed by atoms with van der Waals surface area (Å²) in [6, 6.07) is -4.17. The van der Waals surface area contributed by atoms with Gasteiger partial charge in [-0.05, 0) is 25.7 Å². The molecule has 0 spiro atoms. The van der Waals surface area contributed by atoms with Gasteiger partial charge in [-0.3, -0.25) is 14.4 Å². The molecule has 1 saturated heterocycles. The Morgan fingerprint density at radius 3 is 2.55 bits per heavy atom. The number of aromatic amines is 1. The number of hydrogen-bond donors (Lipinski definition) is 6. The monoisotopic (exact) mass is 466 g/mol. The van der Waals surface area contributed by atoms with Crippen LogP contribution in [0.2, 0.25) is 0 Å². The lowest BCUT2D eigenvalue weighted by Crippen LogP contribution is -2.59. The Labute approximate surface area is 192 Å². The number of hydrogen-bond acceptors (Lipinski definition) is 7. The standard InChI is InChI=1S/C21H34N6O6/c1-4-11(2)17(26-19(30)16(22)12(3)28)20(31)27-7-5-6-15(27)18(29)25-14(21(32)33)8-13-9-23-10-24-13/h9-12,14-17,28H,4-8,22H2,1-3H3,(H,23,24)(H,25,29)(H,26,30)(H,32,33). The number of aliphatic hydroxyl groups is 1. The van der Waals surface area contributed by atoms with Crippen LogP contribution in [0.4, 0.5) is 0 Å². The van der Waals surface area contributed by atoms with Crippen molar-refractivity contribution < 1.29 is 29.4 Å². The van der Waals surface area contributed by atoms with Gasteiger partial charge < -0.3 is 36.5 Å². The Kier molecular flexibility index (Phi) is 9.35. The molecule has 0 aromatic carbocycles. The van der Waals surface area contributed by atoms with Crippen molar-refractivity contribution in [3.05, 3.63) is 18.2 Å². The number of aliphatic carboxylic acids is 1. The quantitative estimate of drug-likeness (QED) is 0.233. The first-order valence-corrected chi connectivity index (χ1v) is 11.1. The van der Waals surface area contributed by atoms with Gasteiger partial charge in [0.05, 0.1) is 12.4 Å². The highest BCUT2D eigenvalue weighted by atomic mass is 16.4. The van der Waals surface area contributed by atoms with Gasteiger partial charge >= 0.3 is 5.97 Å². The summed E-state index contributed by atoms with van der Waals surface area (Å²) in [6.07, 6.45) is 3.34. The van der Waals surface area contributed by atoms with E-state index < -0.39 is 54.0 Å². The normalized spacial score (nSPS) is 20.4. The van der Waals surface area contributed by atoms with Gasteiger partial charge in [-0.25, -0.2) is 9.78 Å². The number of nitrogens with one attached hydrogen (secondary N) is 3. The van der Waals surface area contributed by atoms with Gasteiger partial charge in [-0.1, -0.05) is 20.3 Å². The van der Waals surface area contributed by atoms with E-state index in [1.807, 2.05) is 6.92 Å². The maximum atomic E-state index is 13.4. The fourth-order valence-electron chi connectivity index (χ4n) is 3.72. The number of carbonyl (C=O) groups excluding carboxylic acids is 3. The molecule has 2 rings (SSSR count). The highest BCUT2D eigenvalue weighted by Gasteiger charge is 2.40. The second kappa shape index (κ2) is 11.8. The highest BCUT2D eigenvalue weighted by Crippen LogP contribution is 2.22. The summed E-state index contributed by atoms with van der Waals surface area (Å²) in [5.41, 5.74) is 6.26. The van der Waals surface area contributed by atoms with Crippen molar-refractivity contribution in [2.24, 2.45) is 11.7 Å². The van der Waals surface area contributed by atoms with Crippen molar-refractivity contribution in [1.82, 2.24) is 25.5 Å². The SMILES string of the molecule is CCC(C)C(NC(=O)C(N)C(C)O)C(=O)N1CCCC1C(=O)NC(Cc1cnc[nH]1)C(=O)O. The van der Waals surface area contributed by atoms with E-state index in [1.54, 1.807) is 6.92 Å². The number of carbonyl (C=O) groups is 4. The van der Waals surface area contributed by atoms with E-state index in [4.69, 9.17) is 5.73 Å². The number of aliphatic hydroxyl groups excluding tert-OH is 1. The number of imidazole rings is 1. The lowest BCUT2D eigenvalue weighted by molar-refractivity contribution is -0.145. The molecule has 0 saturated carbocycles. The number of likely N-dealkylation sites (tertiary alicyclic amines) is 1. The molecule has 7 N–H and O–H groups in total. The molecule has 6 unspecified atom stereocenters. The molecule has 1 fully saturated rings. The Bertz CT molecular complexity index is 829. The number of rotatable bonds is 11. The third-order valence-corrected chi connectivity index (χ3v) is 6.03. The lowest BCUT2D eigenvalue weighted by atomic mass is 9.96. The minimum Gasteiger partial charge on any atom is -0.480 e. The van der Waals surface area contributed by atoms with Crippen LogP contribution in [0.1, 0.15) is 45.7 Å². The molecule has 12 heteroatoms. The topological polar surface area (TPSA) is 191 Å². The van der Waals surface area contributed by atoms with E-state index in [1.165, 1.54) is 24.3 Å². The molecule has 2 heterocycles. The number of carboxylic acids is 1. The number of amides is 3. The first-order valence-electron chi connectivity index (χ1n) is 11.1. The molecule has 0 radical (unpaired) electrons. The first-order chi connectivity index (χ1) is 15.6. The van der Waals surface area contributed by atoms with E-state index in [-0.39, 0.29) is 12.3 Å². The molecule has 3 amide bonds. The molecule has 1 aliphatic heterocycles. The maximum Gasteiger partial charge on any atom is 0.326 e. The van der Waals surface area contributed by atoms with Gasteiger partial charge in [0.2, 0.25) is 17.7 Å². The third kappa shape index (κ3) is 6.75. The zero-order valence-corrected chi connectivity index (χ0v) is 19.2. The van der Waals surface area contributed by atoms with Crippen molar-refractivity contribution in [3.63, 3.8) is 0 Å². The summed E-state index contributed by atoms with van der Waals surface area (Å²) < 4.78 is 0. The minimum atomic E-state index is -1.20. The van der Waals surface area contributed by atoms with E-state index >= 15 is 0 Å². The Morgan fingerprint density at radius 2 is 2.00 bits per heavy atom. The molecule has 0 bridgehead atoms. The second-order valence-corrected chi connectivity index (χ2v) is 8.51. The summed E-state index contributed by atoms with van der Waals surface area (Å²) in [4.78, 5) is 58.4. The predicted octanol–water partition coefficient (Wildman–Crippen LogP) is -1.25. The predicted molar refractivity (Wildman–Crippen MR) is 118 cm³/mol. The molecule has 1 aromatic heterocycles. The summed E-state index contributed by atoms with van der Waals surface area (Å²) >= 11 is 0. The second-order valence-electron chi connectivity index (χ2n) is 8.51. The highest BCUT2D eigenvalue weighted by molar-refractivity contribution is 5.94. The number of carboxylic acid groups (broad SMARTS) is 1. The van der Waals surface area contributed by atoms with Crippen LogP contribution >= 0.6 is 0 Å². The molecule has 33 heavy (non-hydrogen) atoms. The number of nitrogens with two attached hydrogens (primary N) is 1. The molecule has 12 nitrogen and oxygen atoms in total. The van der Waals surface area contributed by atoms with Gasteiger partial charge in [0, 0.05) is 24.9 Å². The van der Waals surface area contributed by atoms with E-state index in [0.29, 0.717) is 31.5 Å². The van der Waals surface area contributed by atoms with Crippen molar-refractivity contribution in [1.29, 1.82) is 0 Å². The zero-order valence-electron chi connectivity index (χ0n) is 19.2. The van der Waals surface area contributed by atoms with Crippen LogP contribution in [-0.4, -0.2) is 85.6 Å². The Hall–Kier alpha value is -2.99. The van der Waals surface area contributed by atoms with Crippen LogP contribution < -0.4 is 16.4 Å². The summed E-state index contributed by atoms with van der Waals surface area (Å²) in [7, 11) is 0. The van der Waals surface area contributed by atoms with Crippen LogP contribution in [0.3, 0.4) is 0 Å². The van der Waals surface area contributed by atoms with Crippen LogP contribution in [0.15, 0.2) is 12.5 Å². The van der Waals surface area contributed by atoms with Crippen molar-refractivity contribution in [2.75, 3.05) is 6.54 Å². The average molecular weight is 467 g/mol. The molecule has 6 atom stereocenters. The van der Waals surface area contributed by atoms with Crippen LogP contribution in [0.25, 0.3) is 0 Å². The Morgan fingerprint density at radius 1 is 1.30 bits per heavy atom. The van der Waals surface area contributed by atoms with Gasteiger partial charge in [0.15, 0.2) is 0 Å². The average Bonchev–Trinajstić information content (AvgIpc) is 3.47. The molecule has 0 aliphatic carbocycles. The fraction of sp³-hybridized carbons (Fsp3) is 0.667. The van der Waals surface area contributed by atoms with E-state index in [9.17, 15) is 29.4 Å². The summed E-state index contributed by atoms with van der Waals surface area (Å²) in [5.74, 6) is -3.12. The fourth-order valence-corrected chi connectivity index (χ4v) is 3.72. The first kappa shape index (κ1) is 26.3. The van der Waals surface area contributed by atoms with Crippen molar-refractivity contribution >= 4 is 23.7 Å². The molecule has 1 aromatic rings. The van der Waals surface area contributed by atoms with E-state index in [0.717, 1.165) is 0 Å². The van der Waals surface area contributed by atoms with Gasteiger partial charge in [0.25, 0.3) is 0 Å². The molecular formula is C21H34N6O6. The molecule has 1 aliphatic rings. The summed E-state index contributed by atoms with van der Waals surface area (Å²) in [6.45, 7) is 5.35. The van der Waals surface area contributed by atoms with Crippen molar-refractivity contribution in [2.45, 2.75) is 76.7 Å². The van der Waals surface area contributed by atoms with E-state index in [2.05, 4.69) is 20.6 Å². The minimum absolute atomic E-state index is 0.0184.